The number of halogens is 2. The summed E-state index contributed by atoms with van der Waals surface area (Å²) in [5.74, 6) is -0.0167. The number of hydrogen-bond acceptors (Lipinski definition) is 3. The second-order valence-electron chi connectivity index (χ2n) is 5.50. The van der Waals surface area contributed by atoms with Gasteiger partial charge in [-0.15, -0.1) is 0 Å². The van der Waals surface area contributed by atoms with E-state index in [1.54, 1.807) is 18.2 Å². The third-order valence-corrected chi connectivity index (χ3v) is 4.05. The molecule has 0 atom stereocenters. The summed E-state index contributed by atoms with van der Waals surface area (Å²) in [7, 11) is 0. The number of hydrogen-bond donors (Lipinski definition) is 2. The largest absolute Gasteiger partial charge is 0.434 e. The van der Waals surface area contributed by atoms with Crippen molar-refractivity contribution in [3.63, 3.8) is 0 Å². The van der Waals surface area contributed by atoms with Crippen molar-refractivity contribution in [2.75, 3.05) is 6.54 Å². The van der Waals surface area contributed by atoms with E-state index in [9.17, 15) is 13.6 Å². The van der Waals surface area contributed by atoms with Gasteiger partial charge in [-0.3, -0.25) is 4.79 Å². The van der Waals surface area contributed by atoms with Crippen molar-refractivity contribution in [3.05, 3.63) is 29.8 Å². The van der Waals surface area contributed by atoms with Crippen LogP contribution in [0.2, 0.25) is 0 Å². The van der Waals surface area contributed by atoms with Gasteiger partial charge in [-0.05, 0) is 30.9 Å². The molecule has 21 heavy (non-hydrogen) atoms. The summed E-state index contributed by atoms with van der Waals surface area (Å²) in [6, 6.07) is 6.44. The van der Waals surface area contributed by atoms with Crippen molar-refractivity contribution in [3.8, 4) is 5.75 Å². The van der Waals surface area contributed by atoms with Gasteiger partial charge in [0, 0.05) is 18.5 Å². The van der Waals surface area contributed by atoms with Crippen molar-refractivity contribution in [1.29, 1.82) is 0 Å². The average Bonchev–Trinajstić information content (AvgIpc) is 2.41. The van der Waals surface area contributed by atoms with E-state index in [-0.39, 0.29) is 23.6 Å². The van der Waals surface area contributed by atoms with E-state index in [0.29, 0.717) is 18.5 Å². The molecule has 3 N–H and O–H groups in total. The van der Waals surface area contributed by atoms with E-state index in [1.807, 2.05) is 0 Å². The zero-order valence-electron chi connectivity index (χ0n) is 11.8. The summed E-state index contributed by atoms with van der Waals surface area (Å²) >= 11 is 0. The summed E-state index contributed by atoms with van der Waals surface area (Å²) in [4.78, 5) is 12.0. The fourth-order valence-corrected chi connectivity index (χ4v) is 2.59. The van der Waals surface area contributed by atoms with Gasteiger partial charge in [0.1, 0.15) is 5.75 Å². The van der Waals surface area contributed by atoms with E-state index in [4.69, 9.17) is 5.73 Å². The molecule has 1 aliphatic carbocycles. The van der Waals surface area contributed by atoms with Gasteiger partial charge in [-0.25, -0.2) is 0 Å². The van der Waals surface area contributed by atoms with E-state index >= 15 is 0 Å². The minimum absolute atomic E-state index is 0.0664. The SMILES string of the molecule is NCC1(CC(=O)NCc2ccccc2OC(F)F)CCC1. The first-order chi connectivity index (χ1) is 10.0. The number of alkyl halides is 2. The van der Waals surface area contributed by atoms with Gasteiger partial charge >= 0.3 is 6.61 Å². The molecule has 0 aliphatic heterocycles. The number of nitrogens with one attached hydrogen (secondary N) is 1. The van der Waals surface area contributed by atoms with Crippen molar-refractivity contribution in [2.24, 2.45) is 11.1 Å². The van der Waals surface area contributed by atoms with Gasteiger partial charge in [-0.1, -0.05) is 24.6 Å². The molecule has 0 aromatic heterocycles. The van der Waals surface area contributed by atoms with Gasteiger partial charge in [0.05, 0.1) is 0 Å². The first kappa shape index (κ1) is 15.7. The number of amides is 1. The Morgan fingerprint density at radius 1 is 1.38 bits per heavy atom. The Bertz CT molecular complexity index is 485. The third-order valence-electron chi connectivity index (χ3n) is 4.05. The first-order valence-electron chi connectivity index (χ1n) is 7.04. The maximum atomic E-state index is 12.3. The number of rotatable bonds is 7. The number of ether oxygens (including phenoxy) is 1. The highest BCUT2D eigenvalue weighted by molar-refractivity contribution is 5.77. The smallest absolute Gasteiger partial charge is 0.387 e. The predicted octanol–water partition coefficient (Wildman–Crippen LogP) is 2.42. The lowest BCUT2D eigenvalue weighted by Gasteiger charge is -2.40. The first-order valence-corrected chi connectivity index (χ1v) is 7.04. The van der Waals surface area contributed by atoms with Gasteiger partial charge in [0.15, 0.2) is 0 Å². The van der Waals surface area contributed by atoms with Crippen molar-refractivity contribution < 1.29 is 18.3 Å². The minimum atomic E-state index is -2.88. The molecule has 1 amide bonds. The number of benzene rings is 1. The van der Waals surface area contributed by atoms with E-state index < -0.39 is 6.61 Å². The third kappa shape index (κ3) is 4.14. The Balaban J connectivity index is 1.89. The summed E-state index contributed by atoms with van der Waals surface area (Å²) < 4.78 is 29.0. The highest BCUT2D eigenvalue weighted by Crippen LogP contribution is 2.42. The maximum absolute atomic E-state index is 12.3. The van der Waals surface area contributed by atoms with Gasteiger partial charge < -0.3 is 15.8 Å². The van der Waals surface area contributed by atoms with Crippen LogP contribution in [0.1, 0.15) is 31.2 Å². The van der Waals surface area contributed by atoms with Crippen LogP contribution in [0.4, 0.5) is 8.78 Å². The van der Waals surface area contributed by atoms with Crippen LogP contribution in [0.15, 0.2) is 24.3 Å². The molecular weight excluding hydrogens is 278 g/mol. The van der Waals surface area contributed by atoms with Crippen molar-refractivity contribution >= 4 is 5.91 Å². The molecule has 4 nitrogen and oxygen atoms in total. The molecule has 1 saturated carbocycles. The molecule has 2 rings (SSSR count). The Morgan fingerprint density at radius 2 is 2.10 bits per heavy atom. The molecule has 1 aliphatic rings. The van der Waals surface area contributed by atoms with Gasteiger partial charge in [0.25, 0.3) is 0 Å². The summed E-state index contributed by atoms with van der Waals surface area (Å²) in [5, 5.41) is 2.75. The zero-order chi connectivity index (χ0) is 15.3. The van der Waals surface area contributed by atoms with Crippen LogP contribution in [0.25, 0.3) is 0 Å². The van der Waals surface area contributed by atoms with Crippen molar-refractivity contribution in [2.45, 2.75) is 38.8 Å². The molecule has 0 heterocycles. The van der Waals surface area contributed by atoms with Crippen LogP contribution < -0.4 is 15.8 Å². The minimum Gasteiger partial charge on any atom is -0.434 e. The van der Waals surface area contributed by atoms with Crippen LogP contribution in [0.5, 0.6) is 5.75 Å². The van der Waals surface area contributed by atoms with E-state index in [1.165, 1.54) is 6.07 Å². The van der Waals surface area contributed by atoms with E-state index in [2.05, 4.69) is 10.1 Å². The Hall–Kier alpha value is -1.69. The lowest BCUT2D eigenvalue weighted by atomic mass is 9.66. The molecule has 0 bridgehead atoms. The molecule has 6 heteroatoms. The van der Waals surface area contributed by atoms with Crippen LogP contribution in [0.3, 0.4) is 0 Å². The van der Waals surface area contributed by atoms with Crippen LogP contribution in [0, 0.1) is 5.41 Å². The molecule has 0 saturated heterocycles. The molecular formula is C15H20F2N2O2. The monoisotopic (exact) mass is 298 g/mol. The standard InChI is InChI=1S/C15H20F2N2O2/c16-14(17)21-12-5-2-1-4-11(12)9-19-13(20)8-15(10-18)6-3-7-15/h1-2,4-5,14H,3,6-10,18H2,(H,19,20). The number of carbonyl (C=O) groups excluding carboxylic acids is 1. The van der Waals surface area contributed by atoms with Gasteiger partial charge in [0.2, 0.25) is 5.91 Å². The highest BCUT2D eigenvalue weighted by atomic mass is 19.3. The molecule has 0 radical (unpaired) electrons. The number of carbonyl (C=O) groups is 1. The predicted molar refractivity (Wildman–Crippen MR) is 74.9 cm³/mol. The van der Waals surface area contributed by atoms with E-state index in [0.717, 1.165) is 19.3 Å². The second kappa shape index (κ2) is 6.85. The lowest BCUT2D eigenvalue weighted by molar-refractivity contribution is -0.124. The van der Waals surface area contributed by atoms with Crippen LogP contribution in [-0.4, -0.2) is 19.1 Å². The Morgan fingerprint density at radius 3 is 2.67 bits per heavy atom. The highest BCUT2D eigenvalue weighted by Gasteiger charge is 2.37. The summed E-state index contributed by atoms with van der Waals surface area (Å²) in [5.41, 5.74) is 6.18. The maximum Gasteiger partial charge on any atom is 0.387 e. The molecule has 1 aromatic carbocycles. The fourth-order valence-electron chi connectivity index (χ4n) is 2.59. The molecule has 1 fully saturated rings. The Kier molecular flexibility index (Phi) is 5.12. The molecule has 1 aromatic rings. The normalized spacial score (nSPS) is 16.4. The fraction of sp³-hybridized carbons (Fsp3) is 0.533. The lowest BCUT2D eigenvalue weighted by Crippen LogP contribution is -2.41. The molecule has 0 unspecified atom stereocenters. The molecule has 0 spiro atoms. The quantitative estimate of drug-likeness (QED) is 0.812. The van der Waals surface area contributed by atoms with Crippen molar-refractivity contribution in [1.82, 2.24) is 5.32 Å². The van der Waals surface area contributed by atoms with Crippen LogP contribution in [-0.2, 0) is 11.3 Å². The zero-order valence-corrected chi connectivity index (χ0v) is 11.8. The average molecular weight is 298 g/mol. The van der Waals surface area contributed by atoms with Gasteiger partial charge in [-0.2, -0.15) is 8.78 Å². The number of para-hydroxylation sites is 1. The topological polar surface area (TPSA) is 64.4 Å². The number of nitrogens with two attached hydrogens (primary N) is 1. The second-order valence-corrected chi connectivity index (χ2v) is 5.50. The Labute approximate surface area is 122 Å². The molecule has 116 valence electrons. The summed E-state index contributed by atoms with van der Waals surface area (Å²) in [6.45, 7) is -2.20. The van der Waals surface area contributed by atoms with Crippen LogP contribution >= 0.6 is 0 Å². The summed E-state index contributed by atoms with van der Waals surface area (Å²) in [6.07, 6.45) is 3.45.